The summed E-state index contributed by atoms with van der Waals surface area (Å²) >= 11 is 12.0. The second-order valence-electron chi connectivity index (χ2n) is 4.50. The zero-order valence-corrected chi connectivity index (χ0v) is 14.1. The fourth-order valence-electron chi connectivity index (χ4n) is 1.98. The van der Waals surface area contributed by atoms with E-state index < -0.39 is 0 Å². The Hall–Kier alpha value is -2.17. The molecular weight excluding hydrogens is 337 g/mol. The van der Waals surface area contributed by atoms with E-state index in [4.69, 9.17) is 32.7 Å². The first-order valence-electron chi connectivity index (χ1n) is 6.71. The number of halogens is 2. The van der Waals surface area contributed by atoms with E-state index in [9.17, 15) is 4.79 Å². The van der Waals surface area contributed by atoms with Gasteiger partial charge >= 0.3 is 0 Å². The van der Waals surface area contributed by atoms with Crippen LogP contribution in [0.4, 0.5) is 5.69 Å². The second-order valence-corrected chi connectivity index (χ2v) is 5.29. The molecule has 0 saturated heterocycles. The Labute approximate surface area is 144 Å². The van der Waals surface area contributed by atoms with Crippen molar-refractivity contribution >= 4 is 40.9 Å². The summed E-state index contributed by atoms with van der Waals surface area (Å²) in [7, 11) is 3.11. The molecule has 2 aromatic carbocycles. The van der Waals surface area contributed by atoms with E-state index in [0.717, 1.165) is 0 Å². The smallest absolute Gasteiger partial charge is 0.248 e. The zero-order chi connectivity index (χ0) is 16.8. The fourth-order valence-corrected chi connectivity index (χ4v) is 2.33. The van der Waals surface area contributed by atoms with E-state index in [2.05, 4.69) is 5.32 Å². The third-order valence-electron chi connectivity index (χ3n) is 3.08. The number of hydrogen-bond acceptors (Lipinski definition) is 3. The van der Waals surface area contributed by atoms with Gasteiger partial charge in [0.1, 0.15) is 11.5 Å². The van der Waals surface area contributed by atoms with Crippen LogP contribution in [0.25, 0.3) is 6.08 Å². The summed E-state index contributed by atoms with van der Waals surface area (Å²) in [6.07, 6.45) is 2.99. The molecule has 0 radical (unpaired) electrons. The fraction of sp³-hybridized carbons (Fsp3) is 0.118. The van der Waals surface area contributed by atoms with Gasteiger partial charge in [-0.1, -0.05) is 35.3 Å². The predicted molar refractivity (Wildman–Crippen MR) is 93.7 cm³/mol. The van der Waals surface area contributed by atoms with E-state index in [-0.39, 0.29) is 5.91 Å². The number of carbonyl (C=O) groups excluding carboxylic acids is 1. The SMILES string of the molecule is COc1cccc(OC)c1/C=C/C(=O)Nc1cccc(Cl)c1Cl. The molecule has 0 saturated carbocycles. The Bertz CT molecular complexity index is 722. The Balaban J connectivity index is 2.20. The number of anilines is 1. The second kappa shape index (κ2) is 7.90. The predicted octanol–water partition coefficient (Wildman–Crippen LogP) is 4.66. The maximum Gasteiger partial charge on any atom is 0.248 e. The van der Waals surface area contributed by atoms with Crippen molar-refractivity contribution in [3.63, 3.8) is 0 Å². The van der Waals surface area contributed by atoms with Crippen molar-refractivity contribution in [2.45, 2.75) is 0 Å². The number of nitrogens with one attached hydrogen (secondary N) is 1. The van der Waals surface area contributed by atoms with Crippen molar-refractivity contribution < 1.29 is 14.3 Å². The van der Waals surface area contributed by atoms with Crippen molar-refractivity contribution in [1.29, 1.82) is 0 Å². The van der Waals surface area contributed by atoms with Gasteiger partial charge in [-0.2, -0.15) is 0 Å². The van der Waals surface area contributed by atoms with E-state index in [1.165, 1.54) is 6.08 Å². The van der Waals surface area contributed by atoms with Crippen LogP contribution in [-0.2, 0) is 4.79 Å². The number of methoxy groups -OCH3 is 2. The van der Waals surface area contributed by atoms with Gasteiger partial charge in [0, 0.05) is 6.08 Å². The van der Waals surface area contributed by atoms with E-state index in [0.29, 0.717) is 32.8 Å². The molecule has 4 nitrogen and oxygen atoms in total. The minimum Gasteiger partial charge on any atom is -0.496 e. The van der Waals surface area contributed by atoms with Gasteiger partial charge in [-0.3, -0.25) is 4.79 Å². The lowest BCUT2D eigenvalue weighted by atomic mass is 10.1. The lowest BCUT2D eigenvalue weighted by Gasteiger charge is -2.09. The van der Waals surface area contributed by atoms with Crippen molar-refractivity contribution in [2.75, 3.05) is 19.5 Å². The molecule has 1 amide bonds. The van der Waals surface area contributed by atoms with Gasteiger partial charge in [0.15, 0.2) is 0 Å². The van der Waals surface area contributed by atoms with E-state index >= 15 is 0 Å². The summed E-state index contributed by atoms with van der Waals surface area (Å²) in [6.45, 7) is 0. The summed E-state index contributed by atoms with van der Waals surface area (Å²) in [5.41, 5.74) is 1.12. The van der Waals surface area contributed by atoms with Crippen molar-refractivity contribution in [3.05, 3.63) is 58.1 Å². The number of carbonyl (C=O) groups is 1. The van der Waals surface area contributed by atoms with Crippen LogP contribution in [-0.4, -0.2) is 20.1 Å². The number of amides is 1. The molecule has 0 heterocycles. The van der Waals surface area contributed by atoms with Crippen molar-refractivity contribution in [1.82, 2.24) is 0 Å². The van der Waals surface area contributed by atoms with E-state index in [1.54, 1.807) is 56.7 Å². The molecule has 0 atom stereocenters. The molecule has 0 aliphatic rings. The molecule has 1 N–H and O–H groups in total. The molecular formula is C17H15Cl2NO3. The Morgan fingerprint density at radius 1 is 1.04 bits per heavy atom. The third kappa shape index (κ3) is 4.18. The number of benzene rings is 2. The monoisotopic (exact) mass is 351 g/mol. The lowest BCUT2D eigenvalue weighted by Crippen LogP contribution is -2.08. The first kappa shape index (κ1) is 17.2. The largest absolute Gasteiger partial charge is 0.496 e. The highest BCUT2D eigenvalue weighted by atomic mass is 35.5. The standard InChI is InChI=1S/C17H15Cl2NO3/c1-22-14-7-4-8-15(23-2)11(14)9-10-16(21)20-13-6-3-5-12(18)17(13)19/h3-10H,1-2H3,(H,20,21)/b10-9+. The zero-order valence-electron chi connectivity index (χ0n) is 12.6. The van der Waals surface area contributed by atoms with Gasteiger partial charge in [-0.05, 0) is 30.3 Å². The highest BCUT2D eigenvalue weighted by Crippen LogP contribution is 2.31. The summed E-state index contributed by atoms with van der Waals surface area (Å²) < 4.78 is 10.5. The van der Waals surface area contributed by atoms with Gasteiger partial charge in [0.25, 0.3) is 0 Å². The Morgan fingerprint density at radius 3 is 2.26 bits per heavy atom. The maximum absolute atomic E-state index is 12.1. The van der Waals surface area contributed by atoms with Crippen LogP contribution in [0.2, 0.25) is 10.0 Å². The van der Waals surface area contributed by atoms with Crippen LogP contribution in [0.15, 0.2) is 42.5 Å². The van der Waals surface area contributed by atoms with Crippen LogP contribution in [0, 0.1) is 0 Å². The molecule has 0 aromatic heterocycles. The first-order valence-corrected chi connectivity index (χ1v) is 7.46. The number of ether oxygens (including phenoxy) is 2. The van der Waals surface area contributed by atoms with Crippen LogP contribution < -0.4 is 14.8 Å². The average molecular weight is 352 g/mol. The molecule has 2 rings (SSSR count). The molecule has 2 aromatic rings. The molecule has 0 aliphatic carbocycles. The molecule has 0 unspecified atom stereocenters. The van der Waals surface area contributed by atoms with Gasteiger partial charge in [-0.15, -0.1) is 0 Å². The normalized spacial score (nSPS) is 10.6. The summed E-state index contributed by atoms with van der Waals surface area (Å²) in [5.74, 6) is 0.866. The Morgan fingerprint density at radius 2 is 1.65 bits per heavy atom. The first-order chi connectivity index (χ1) is 11.1. The van der Waals surface area contributed by atoms with Crippen LogP contribution >= 0.6 is 23.2 Å². The van der Waals surface area contributed by atoms with Crippen molar-refractivity contribution in [2.24, 2.45) is 0 Å². The third-order valence-corrected chi connectivity index (χ3v) is 3.90. The molecule has 0 bridgehead atoms. The minimum absolute atomic E-state index is 0.297. The molecule has 0 spiro atoms. The van der Waals surface area contributed by atoms with E-state index in [1.807, 2.05) is 0 Å². The summed E-state index contributed by atoms with van der Waals surface area (Å²) in [5, 5.41) is 3.34. The van der Waals surface area contributed by atoms with Crippen LogP contribution in [0.3, 0.4) is 0 Å². The van der Waals surface area contributed by atoms with Gasteiger partial charge in [-0.25, -0.2) is 0 Å². The molecule has 23 heavy (non-hydrogen) atoms. The number of hydrogen-bond donors (Lipinski definition) is 1. The van der Waals surface area contributed by atoms with Gasteiger partial charge in [0.2, 0.25) is 5.91 Å². The molecule has 0 aliphatic heterocycles. The Kier molecular flexibility index (Phi) is 5.90. The average Bonchev–Trinajstić information content (AvgIpc) is 2.56. The van der Waals surface area contributed by atoms with Crippen LogP contribution in [0.5, 0.6) is 11.5 Å². The minimum atomic E-state index is -0.345. The molecule has 120 valence electrons. The highest BCUT2D eigenvalue weighted by molar-refractivity contribution is 6.44. The lowest BCUT2D eigenvalue weighted by molar-refractivity contribution is -0.111. The topological polar surface area (TPSA) is 47.6 Å². The van der Waals surface area contributed by atoms with Crippen LogP contribution in [0.1, 0.15) is 5.56 Å². The highest BCUT2D eigenvalue weighted by Gasteiger charge is 2.09. The number of rotatable bonds is 5. The molecule has 0 fully saturated rings. The maximum atomic E-state index is 12.1. The van der Waals surface area contributed by atoms with Gasteiger partial charge in [0.05, 0.1) is 35.5 Å². The summed E-state index contributed by atoms with van der Waals surface area (Å²) in [4.78, 5) is 12.1. The van der Waals surface area contributed by atoms with Crippen molar-refractivity contribution in [3.8, 4) is 11.5 Å². The quantitative estimate of drug-likeness (QED) is 0.796. The molecule has 6 heteroatoms. The van der Waals surface area contributed by atoms with Gasteiger partial charge < -0.3 is 14.8 Å². The summed E-state index contributed by atoms with van der Waals surface area (Å²) in [6, 6.07) is 10.4.